The van der Waals surface area contributed by atoms with Crippen molar-refractivity contribution in [3.05, 3.63) is 71.9 Å². The second kappa shape index (κ2) is 6.68. The summed E-state index contributed by atoms with van der Waals surface area (Å²) >= 11 is 0. The highest BCUT2D eigenvalue weighted by atomic mass is 16.6. The summed E-state index contributed by atoms with van der Waals surface area (Å²) in [5.41, 5.74) is 2.01. The zero-order chi connectivity index (χ0) is 17.1. The maximum atomic E-state index is 12.5. The number of nitrogens with zero attached hydrogens (tertiary/aromatic N) is 1. The number of aromatic nitrogens is 1. The number of fused-ring (bicyclic) bond motifs is 1. The van der Waals surface area contributed by atoms with E-state index in [4.69, 9.17) is 4.74 Å². The predicted molar refractivity (Wildman–Crippen MR) is 89.2 cm³/mol. The van der Waals surface area contributed by atoms with Crippen molar-refractivity contribution in [3.63, 3.8) is 0 Å². The third-order valence-electron chi connectivity index (χ3n) is 3.69. The van der Waals surface area contributed by atoms with Crippen LogP contribution in [0.15, 0.2) is 60.8 Å². The molecule has 5 heteroatoms. The van der Waals surface area contributed by atoms with Gasteiger partial charge in [-0.1, -0.05) is 36.4 Å². The van der Waals surface area contributed by atoms with Crippen molar-refractivity contribution >= 4 is 17.3 Å². The van der Waals surface area contributed by atoms with E-state index in [0.29, 0.717) is 11.1 Å². The average Bonchev–Trinajstić information content (AvgIpc) is 2.93. The van der Waals surface area contributed by atoms with Gasteiger partial charge < -0.3 is 9.84 Å². The summed E-state index contributed by atoms with van der Waals surface area (Å²) in [5, 5.41) is 9.39. The van der Waals surface area contributed by atoms with E-state index in [1.54, 1.807) is 40.9 Å². The first-order valence-corrected chi connectivity index (χ1v) is 7.63. The van der Waals surface area contributed by atoms with Crippen LogP contribution in [0.2, 0.25) is 0 Å². The third-order valence-corrected chi connectivity index (χ3v) is 3.69. The van der Waals surface area contributed by atoms with Gasteiger partial charge in [0.2, 0.25) is 5.88 Å². The Morgan fingerprint density at radius 1 is 1.12 bits per heavy atom. The summed E-state index contributed by atoms with van der Waals surface area (Å²) in [6, 6.07) is 16.3. The number of carbonyl (C=O) groups is 2. The lowest BCUT2D eigenvalue weighted by molar-refractivity contribution is -0.143. The zero-order valence-electron chi connectivity index (χ0n) is 13.2. The highest BCUT2D eigenvalue weighted by molar-refractivity contribution is 5.98. The van der Waals surface area contributed by atoms with E-state index in [2.05, 4.69) is 0 Å². The first-order valence-electron chi connectivity index (χ1n) is 7.63. The van der Waals surface area contributed by atoms with Crippen molar-refractivity contribution in [2.75, 3.05) is 0 Å². The molecule has 0 saturated heterocycles. The molecule has 122 valence electrons. The number of aliphatic hydroxyl groups excluding tert-OH is 1. The van der Waals surface area contributed by atoms with E-state index < -0.39 is 12.1 Å². The number of pyridine rings is 1. The van der Waals surface area contributed by atoms with Crippen molar-refractivity contribution in [2.24, 2.45) is 0 Å². The van der Waals surface area contributed by atoms with Crippen LogP contribution in [0.1, 0.15) is 22.8 Å². The summed E-state index contributed by atoms with van der Waals surface area (Å²) in [6.45, 7) is 1.34. The minimum atomic E-state index is -1.24. The normalized spacial score (nSPS) is 12.1. The molecule has 5 nitrogen and oxygen atoms in total. The van der Waals surface area contributed by atoms with Gasteiger partial charge in [-0.2, -0.15) is 0 Å². The van der Waals surface area contributed by atoms with E-state index in [1.807, 2.05) is 24.3 Å². The maximum absolute atomic E-state index is 12.5. The van der Waals surface area contributed by atoms with Gasteiger partial charge in [0.1, 0.15) is 6.10 Å². The van der Waals surface area contributed by atoms with Crippen LogP contribution < -0.4 is 4.74 Å². The molecule has 3 aromatic rings. The Morgan fingerprint density at radius 3 is 2.54 bits per heavy atom. The van der Waals surface area contributed by atoms with Crippen molar-refractivity contribution < 1.29 is 19.4 Å². The van der Waals surface area contributed by atoms with Crippen LogP contribution >= 0.6 is 0 Å². The molecule has 24 heavy (non-hydrogen) atoms. The van der Waals surface area contributed by atoms with Crippen LogP contribution in [-0.4, -0.2) is 27.4 Å². The predicted octanol–water partition coefficient (Wildman–Crippen LogP) is 2.65. The molecule has 0 aliphatic carbocycles. The van der Waals surface area contributed by atoms with Crippen LogP contribution in [-0.2, 0) is 11.2 Å². The number of carbonyl (C=O) groups excluding carboxylic acids is 2. The largest absolute Gasteiger partial charge is 0.407 e. The molecule has 1 aromatic carbocycles. The smallest absolute Gasteiger partial charge is 0.341 e. The number of rotatable bonds is 5. The minimum absolute atomic E-state index is 0.0687. The van der Waals surface area contributed by atoms with Gasteiger partial charge >= 0.3 is 5.97 Å². The number of Topliss-reactive ketones (excluding diaryl/α,β-unsaturated/α-hetero) is 1. The van der Waals surface area contributed by atoms with Crippen LogP contribution in [0.25, 0.3) is 5.52 Å². The van der Waals surface area contributed by atoms with Crippen LogP contribution in [0.5, 0.6) is 5.88 Å². The van der Waals surface area contributed by atoms with Crippen molar-refractivity contribution in [3.8, 4) is 5.88 Å². The third kappa shape index (κ3) is 3.21. The van der Waals surface area contributed by atoms with Gasteiger partial charge in [0, 0.05) is 29.3 Å². The highest BCUT2D eigenvalue weighted by Gasteiger charge is 2.20. The highest BCUT2D eigenvalue weighted by Crippen LogP contribution is 2.26. The Kier molecular flexibility index (Phi) is 4.44. The summed E-state index contributed by atoms with van der Waals surface area (Å²) in [4.78, 5) is 24.3. The lowest BCUT2D eigenvalue weighted by Crippen LogP contribution is -2.23. The number of esters is 1. The molecular formula is C19H17NO4. The molecule has 1 N–H and O–H groups in total. The SMILES string of the molecule is CC(O)C(=O)Oc1c(CC(=O)c2ccccc2)cc2ccccn12. The quantitative estimate of drug-likeness (QED) is 0.579. The first-order chi connectivity index (χ1) is 11.6. The standard InChI is InChI=1S/C19H17NO4/c1-13(21)19(23)24-18-15(11-16-9-5-6-10-20(16)18)12-17(22)14-7-3-2-4-8-14/h2-11,13,21H,12H2,1H3. The Hall–Kier alpha value is -2.92. The fraction of sp³-hybridized carbons (Fsp3) is 0.158. The Morgan fingerprint density at radius 2 is 1.83 bits per heavy atom. The van der Waals surface area contributed by atoms with Crippen LogP contribution in [0.4, 0.5) is 0 Å². The number of aliphatic hydroxyl groups is 1. The van der Waals surface area contributed by atoms with Gasteiger partial charge in [-0.15, -0.1) is 0 Å². The molecule has 2 aromatic heterocycles. The van der Waals surface area contributed by atoms with Crippen molar-refractivity contribution in [1.29, 1.82) is 0 Å². The monoisotopic (exact) mass is 323 g/mol. The molecule has 0 aliphatic rings. The van der Waals surface area contributed by atoms with Gasteiger partial charge in [-0.25, -0.2) is 4.79 Å². The molecule has 1 atom stereocenters. The molecule has 0 saturated carbocycles. The van der Waals surface area contributed by atoms with E-state index in [-0.39, 0.29) is 18.1 Å². The molecule has 0 fully saturated rings. The Labute approximate surface area is 139 Å². The second-order valence-electron chi connectivity index (χ2n) is 5.53. The topological polar surface area (TPSA) is 68.0 Å². The van der Waals surface area contributed by atoms with E-state index in [9.17, 15) is 14.7 Å². The first kappa shape index (κ1) is 16.0. The van der Waals surface area contributed by atoms with E-state index in [0.717, 1.165) is 5.52 Å². The lowest BCUT2D eigenvalue weighted by Gasteiger charge is -2.09. The molecule has 0 amide bonds. The average molecular weight is 323 g/mol. The van der Waals surface area contributed by atoms with Gasteiger partial charge in [0.05, 0.1) is 0 Å². The summed E-state index contributed by atoms with van der Waals surface area (Å²) in [5.74, 6) is -0.561. The number of ether oxygens (including phenoxy) is 1. The molecule has 2 heterocycles. The van der Waals surface area contributed by atoms with Crippen molar-refractivity contribution in [1.82, 2.24) is 4.40 Å². The Bertz CT molecular complexity index is 881. The number of ketones is 1. The van der Waals surface area contributed by atoms with Gasteiger partial charge in [-0.3, -0.25) is 9.20 Å². The van der Waals surface area contributed by atoms with Crippen LogP contribution in [0.3, 0.4) is 0 Å². The fourth-order valence-corrected chi connectivity index (χ4v) is 2.47. The van der Waals surface area contributed by atoms with Gasteiger partial charge in [0.25, 0.3) is 0 Å². The Balaban J connectivity index is 1.97. The second-order valence-corrected chi connectivity index (χ2v) is 5.53. The van der Waals surface area contributed by atoms with Gasteiger partial charge in [0.15, 0.2) is 5.78 Å². The molecule has 3 rings (SSSR count). The summed E-state index contributed by atoms with van der Waals surface area (Å²) in [7, 11) is 0. The van der Waals surface area contributed by atoms with E-state index >= 15 is 0 Å². The van der Waals surface area contributed by atoms with Crippen LogP contribution in [0, 0.1) is 0 Å². The molecule has 0 spiro atoms. The number of benzene rings is 1. The molecule has 0 bridgehead atoms. The summed E-state index contributed by atoms with van der Waals surface area (Å²) in [6.07, 6.45) is 0.613. The molecule has 0 aliphatic heterocycles. The van der Waals surface area contributed by atoms with Gasteiger partial charge in [-0.05, 0) is 25.1 Å². The maximum Gasteiger partial charge on any atom is 0.341 e. The van der Waals surface area contributed by atoms with Crippen molar-refractivity contribution in [2.45, 2.75) is 19.4 Å². The minimum Gasteiger partial charge on any atom is -0.407 e. The van der Waals surface area contributed by atoms with E-state index in [1.165, 1.54) is 6.92 Å². The zero-order valence-corrected chi connectivity index (χ0v) is 13.2. The lowest BCUT2D eigenvalue weighted by atomic mass is 10.0. The molecule has 0 radical (unpaired) electrons. The number of hydrogen-bond acceptors (Lipinski definition) is 4. The fourth-order valence-electron chi connectivity index (χ4n) is 2.47. The summed E-state index contributed by atoms with van der Waals surface area (Å²) < 4.78 is 7.01. The number of hydrogen-bond donors (Lipinski definition) is 1. The molecule has 1 unspecified atom stereocenters. The molecular weight excluding hydrogens is 306 g/mol.